The van der Waals surface area contributed by atoms with Gasteiger partial charge in [0.2, 0.25) is 5.91 Å². The summed E-state index contributed by atoms with van der Waals surface area (Å²) in [6, 6.07) is 3.83. The molecule has 5 nitrogen and oxygen atoms in total. The van der Waals surface area contributed by atoms with Gasteiger partial charge in [0.05, 0.1) is 10.5 Å². The third kappa shape index (κ3) is 2.91. The molecule has 3 rings (SSSR count). The maximum Gasteiger partial charge on any atom is 0.237 e. The first-order valence-corrected chi connectivity index (χ1v) is 7.62. The average molecular weight is 341 g/mol. The highest BCUT2D eigenvalue weighted by Gasteiger charge is 2.22. The summed E-state index contributed by atoms with van der Waals surface area (Å²) in [5.41, 5.74) is 0.993. The third-order valence-electron chi connectivity index (χ3n) is 3.50. The second-order valence-corrected chi connectivity index (χ2v) is 5.82. The fourth-order valence-corrected chi connectivity index (χ4v) is 3.09. The number of amides is 1. The molecule has 0 bridgehead atoms. The molecule has 1 aromatic carbocycles. The largest absolute Gasteiger partial charge is 0.486 e. The van der Waals surface area contributed by atoms with Crippen molar-refractivity contribution >= 4 is 21.8 Å². The first-order valence-electron chi connectivity index (χ1n) is 6.83. The number of nitrogens with one attached hydrogen (secondary N) is 2. The zero-order chi connectivity index (χ0) is 13.9. The van der Waals surface area contributed by atoms with Crippen molar-refractivity contribution in [2.24, 2.45) is 0 Å². The van der Waals surface area contributed by atoms with Crippen LogP contribution in [0.15, 0.2) is 16.6 Å². The van der Waals surface area contributed by atoms with Crippen LogP contribution in [-0.4, -0.2) is 31.7 Å². The molecule has 0 spiro atoms. The SMILES string of the molecule is O=C(NCc1cc(Br)c2c(c1)OCCO2)C1CCCN1. The normalized spacial score (nSPS) is 20.8. The van der Waals surface area contributed by atoms with Crippen molar-refractivity contribution in [1.29, 1.82) is 0 Å². The second kappa shape index (κ2) is 6.01. The molecule has 1 fully saturated rings. The molecule has 2 aliphatic heterocycles. The first-order chi connectivity index (χ1) is 9.74. The summed E-state index contributed by atoms with van der Waals surface area (Å²) in [6.45, 7) is 2.54. The van der Waals surface area contributed by atoms with Gasteiger partial charge in [-0.05, 0) is 53.0 Å². The van der Waals surface area contributed by atoms with Crippen molar-refractivity contribution in [2.75, 3.05) is 19.8 Å². The van der Waals surface area contributed by atoms with Gasteiger partial charge in [0.15, 0.2) is 11.5 Å². The van der Waals surface area contributed by atoms with Gasteiger partial charge in [-0.1, -0.05) is 0 Å². The maximum absolute atomic E-state index is 12.0. The van der Waals surface area contributed by atoms with Crippen molar-refractivity contribution in [3.63, 3.8) is 0 Å². The van der Waals surface area contributed by atoms with E-state index in [4.69, 9.17) is 9.47 Å². The molecule has 2 heterocycles. The van der Waals surface area contributed by atoms with E-state index in [9.17, 15) is 4.79 Å². The summed E-state index contributed by atoms with van der Waals surface area (Å²) in [7, 11) is 0. The lowest BCUT2D eigenvalue weighted by Crippen LogP contribution is -2.40. The number of ether oxygens (including phenoxy) is 2. The Morgan fingerprint density at radius 1 is 1.40 bits per heavy atom. The number of benzene rings is 1. The fraction of sp³-hybridized carbons (Fsp3) is 0.500. The van der Waals surface area contributed by atoms with Crippen LogP contribution < -0.4 is 20.1 Å². The molecule has 2 aliphatic rings. The second-order valence-electron chi connectivity index (χ2n) is 4.97. The summed E-state index contributed by atoms with van der Waals surface area (Å²) in [5.74, 6) is 1.53. The fourth-order valence-electron chi connectivity index (χ4n) is 2.49. The van der Waals surface area contributed by atoms with E-state index in [1.54, 1.807) is 0 Å². The Kier molecular flexibility index (Phi) is 4.12. The molecule has 0 aliphatic carbocycles. The first kappa shape index (κ1) is 13.7. The highest BCUT2D eigenvalue weighted by atomic mass is 79.9. The molecule has 6 heteroatoms. The van der Waals surface area contributed by atoms with Crippen molar-refractivity contribution in [1.82, 2.24) is 10.6 Å². The van der Waals surface area contributed by atoms with Gasteiger partial charge < -0.3 is 20.1 Å². The topological polar surface area (TPSA) is 59.6 Å². The van der Waals surface area contributed by atoms with E-state index >= 15 is 0 Å². The summed E-state index contributed by atoms with van der Waals surface area (Å²) < 4.78 is 12.0. The Morgan fingerprint density at radius 2 is 2.25 bits per heavy atom. The molecule has 0 saturated carbocycles. The Labute approximate surface area is 126 Å². The van der Waals surface area contributed by atoms with Crippen LogP contribution in [0, 0.1) is 0 Å². The Bertz CT molecular complexity index is 515. The molecule has 1 aromatic rings. The number of carbonyl (C=O) groups excluding carboxylic acids is 1. The van der Waals surface area contributed by atoms with Crippen molar-refractivity contribution < 1.29 is 14.3 Å². The monoisotopic (exact) mass is 340 g/mol. The lowest BCUT2D eigenvalue weighted by Gasteiger charge is -2.20. The van der Waals surface area contributed by atoms with Gasteiger partial charge >= 0.3 is 0 Å². The lowest BCUT2D eigenvalue weighted by molar-refractivity contribution is -0.122. The Balaban J connectivity index is 1.65. The summed E-state index contributed by atoms with van der Waals surface area (Å²) in [6.07, 6.45) is 1.98. The highest BCUT2D eigenvalue weighted by molar-refractivity contribution is 9.10. The number of hydrogen-bond acceptors (Lipinski definition) is 4. The molecular formula is C14H17BrN2O3. The van der Waals surface area contributed by atoms with Crippen molar-refractivity contribution in [2.45, 2.75) is 25.4 Å². The standard InChI is InChI=1S/C14H17BrN2O3/c15-10-6-9(7-12-13(10)20-5-4-19-12)8-17-14(18)11-2-1-3-16-11/h6-7,11,16H,1-5,8H2,(H,17,18). The minimum Gasteiger partial charge on any atom is -0.486 e. The van der Waals surface area contributed by atoms with Crippen LogP contribution in [-0.2, 0) is 11.3 Å². The van der Waals surface area contributed by atoms with E-state index in [0.29, 0.717) is 19.8 Å². The number of hydrogen-bond donors (Lipinski definition) is 2. The molecule has 1 amide bonds. The summed E-state index contributed by atoms with van der Waals surface area (Å²) in [5, 5.41) is 6.14. The van der Waals surface area contributed by atoms with Crippen LogP contribution in [0.25, 0.3) is 0 Å². The van der Waals surface area contributed by atoms with Gasteiger partial charge in [0.25, 0.3) is 0 Å². The van der Waals surface area contributed by atoms with Gasteiger partial charge in [0, 0.05) is 6.54 Å². The van der Waals surface area contributed by atoms with Crippen LogP contribution in [0.3, 0.4) is 0 Å². The Morgan fingerprint density at radius 3 is 3.05 bits per heavy atom. The van der Waals surface area contributed by atoms with Crippen LogP contribution in [0.2, 0.25) is 0 Å². The minimum atomic E-state index is -0.0457. The molecule has 2 N–H and O–H groups in total. The van der Waals surface area contributed by atoms with Gasteiger partial charge in [-0.3, -0.25) is 4.79 Å². The van der Waals surface area contributed by atoms with Gasteiger partial charge in [-0.15, -0.1) is 0 Å². The van der Waals surface area contributed by atoms with Crippen LogP contribution >= 0.6 is 15.9 Å². The van der Waals surface area contributed by atoms with E-state index in [-0.39, 0.29) is 11.9 Å². The number of halogens is 1. The zero-order valence-electron chi connectivity index (χ0n) is 11.1. The number of carbonyl (C=O) groups is 1. The average Bonchev–Trinajstić information content (AvgIpc) is 2.99. The van der Waals surface area contributed by atoms with Crippen molar-refractivity contribution in [3.8, 4) is 11.5 Å². The van der Waals surface area contributed by atoms with E-state index in [2.05, 4.69) is 26.6 Å². The lowest BCUT2D eigenvalue weighted by atomic mass is 10.1. The molecule has 1 saturated heterocycles. The van der Waals surface area contributed by atoms with Gasteiger partial charge in [0.1, 0.15) is 13.2 Å². The van der Waals surface area contributed by atoms with Crippen LogP contribution in [0.1, 0.15) is 18.4 Å². The molecule has 108 valence electrons. The molecule has 0 aromatic heterocycles. The quantitative estimate of drug-likeness (QED) is 0.877. The smallest absolute Gasteiger partial charge is 0.237 e. The highest BCUT2D eigenvalue weighted by Crippen LogP contribution is 2.38. The number of rotatable bonds is 3. The predicted octanol–water partition coefficient (Wildman–Crippen LogP) is 1.59. The van der Waals surface area contributed by atoms with E-state index in [1.165, 1.54) is 0 Å². The number of fused-ring (bicyclic) bond motifs is 1. The third-order valence-corrected chi connectivity index (χ3v) is 4.09. The summed E-state index contributed by atoms with van der Waals surface area (Å²) in [4.78, 5) is 12.0. The molecule has 0 radical (unpaired) electrons. The van der Waals surface area contributed by atoms with Gasteiger partial charge in [-0.25, -0.2) is 0 Å². The minimum absolute atomic E-state index is 0.0457. The Hall–Kier alpha value is -1.27. The predicted molar refractivity (Wildman–Crippen MR) is 78.0 cm³/mol. The summed E-state index contributed by atoms with van der Waals surface area (Å²) >= 11 is 3.48. The van der Waals surface area contributed by atoms with Crippen LogP contribution in [0.5, 0.6) is 11.5 Å². The van der Waals surface area contributed by atoms with E-state index in [0.717, 1.165) is 40.9 Å². The van der Waals surface area contributed by atoms with Crippen molar-refractivity contribution in [3.05, 3.63) is 22.2 Å². The molecule has 1 atom stereocenters. The zero-order valence-corrected chi connectivity index (χ0v) is 12.7. The van der Waals surface area contributed by atoms with Crippen LogP contribution in [0.4, 0.5) is 0 Å². The van der Waals surface area contributed by atoms with E-state index in [1.807, 2.05) is 12.1 Å². The van der Waals surface area contributed by atoms with E-state index < -0.39 is 0 Å². The maximum atomic E-state index is 12.0. The van der Waals surface area contributed by atoms with Gasteiger partial charge in [-0.2, -0.15) is 0 Å². The molecule has 20 heavy (non-hydrogen) atoms. The molecule has 1 unspecified atom stereocenters. The molecular weight excluding hydrogens is 324 g/mol.